The molecule has 0 spiro atoms. The van der Waals surface area contributed by atoms with Crippen LogP contribution >= 0.6 is 23.4 Å². The fourth-order valence-electron chi connectivity index (χ4n) is 2.45. The van der Waals surface area contributed by atoms with Crippen LogP contribution in [0.25, 0.3) is 11.0 Å². The number of nitrogens with zero attached hydrogens (tertiary/aromatic N) is 1. The van der Waals surface area contributed by atoms with E-state index in [1.807, 2.05) is 19.1 Å². The molecular formula is C17H14ClN3O3S. The predicted octanol–water partition coefficient (Wildman–Crippen LogP) is 4.06. The van der Waals surface area contributed by atoms with E-state index in [1.165, 1.54) is 11.8 Å². The van der Waals surface area contributed by atoms with Crippen LogP contribution in [0.15, 0.2) is 41.6 Å². The lowest BCUT2D eigenvalue weighted by molar-refractivity contribution is -0.115. The smallest absolute Gasteiger partial charge is 0.237 e. The third-order valence-electron chi connectivity index (χ3n) is 3.72. The lowest BCUT2D eigenvalue weighted by atomic mass is 10.2. The Labute approximate surface area is 152 Å². The minimum absolute atomic E-state index is 0.123. The number of aromatic nitrogens is 2. The second-order valence-electron chi connectivity index (χ2n) is 5.52. The number of halogens is 1. The number of hydrogen-bond donors (Lipinski definition) is 2. The van der Waals surface area contributed by atoms with Crippen molar-refractivity contribution in [2.75, 3.05) is 12.1 Å². The van der Waals surface area contributed by atoms with Gasteiger partial charge < -0.3 is 19.8 Å². The Hall–Kier alpha value is -2.38. The molecule has 0 fully saturated rings. The average molecular weight is 376 g/mol. The summed E-state index contributed by atoms with van der Waals surface area (Å²) in [4.78, 5) is 20.1. The van der Waals surface area contributed by atoms with E-state index in [0.717, 1.165) is 11.0 Å². The molecule has 0 unspecified atom stereocenters. The number of carbonyl (C=O) groups is 1. The van der Waals surface area contributed by atoms with E-state index in [-0.39, 0.29) is 18.0 Å². The van der Waals surface area contributed by atoms with E-state index in [0.29, 0.717) is 27.4 Å². The lowest BCUT2D eigenvalue weighted by Crippen LogP contribution is -2.22. The minimum Gasteiger partial charge on any atom is -0.454 e. The maximum Gasteiger partial charge on any atom is 0.237 e. The van der Waals surface area contributed by atoms with Crippen LogP contribution < -0.4 is 14.8 Å². The number of ether oxygens (including phenoxy) is 2. The molecule has 6 nitrogen and oxygen atoms in total. The number of imidazole rings is 1. The van der Waals surface area contributed by atoms with Crippen molar-refractivity contribution in [3.63, 3.8) is 0 Å². The first-order valence-corrected chi connectivity index (χ1v) is 8.87. The van der Waals surface area contributed by atoms with Crippen LogP contribution in [0.4, 0.5) is 5.69 Å². The van der Waals surface area contributed by atoms with E-state index >= 15 is 0 Å². The van der Waals surface area contributed by atoms with Crippen LogP contribution in [-0.2, 0) is 4.79 Å². The van der Waals surface area contributed by atoms with Gasteiger partial charge in [0.1, 0.15) is 0 Å². The van der Waals surface area contributed by atoms with Crippen molar-refractivity contribution < 1.29 is 14.3 Å². The van der Waals surface area contributed by atoms with Crippen LogP contribution in [0.1, 0.15) is 6.92 Å². The highest BCUT2D eigenvalue weighted by Crippen LogP contribution is 2.34. The molecule has 4 rings (SSSR count). The van der Waals surface area contributed by atoms with Gasteiger partial charge in [0.05, 0.1) is 16.3 Å². The van der Waals surface area contributed by atoms with Crippen molar-refractivity contribution >= 4 is 46.0 Å². The van der Waals surface area contributed by atoms with Crippen LogP contribution in [0.2, 0.25) is 5.02 Å². The second kappa shape index (κ2) is 6.50. The van der Waals surface area contributed by atoms with Gasteiger partial charge in [0.15, 0.2) is 16.7 Å². The molecule has 2 N–H and O–H groups in total. The number of nitrogens with one attached hydrogen (secondary N) is 2. The number of fused-ring (bicyclic) bond motifs is 2. The number of anilines is 1. The Balaban J connectivity index is 1.44. The average Bonchev–Trinajstić information content (AvgIpc) is 3.19. The van der Waals surface area contributed by atoms with Gasteiger partial charge in [-0.3, -0.25) is 4.79 Å². The lowest BCUT2D eigenvalue weighted by Gasteiger charge is -2.11. The molecular weight excluding hydrogens is 362 g/mol. The molecule has 8 heteroatoms. The van der Waals surface area contributed by atoms with Crippen LogP contribution in [0, 0.1) is 0 Å². The number of thioether (sulfide) groups is 1. The fourth-order valence-corrected chi connectivity index (χ4v) is 3.45. The Morgan fingerprint density at radius 2 is 2.12 bits per heavy atom. The molecule has 25 heavy (non-hydrogen) atoms. The number of benzene rings is 2. The van der Waals surface area contributed by atoms with Crippen molar-refractivity contribution in [3.05, 3.63) is 41.4 Å². The maximum atomic E-state index is 12.4. The number of H-pyrrole nitrogens is 1. The van der Waals surface area contributed by atoms with Crippen LogP contribution in [0.5, 0.6) is 11.5 Å². The first kappa shape index (κ1) is 16.1. The Kier molecular flexibility index (Phi) is 4.19. The minimum atomic E-state index is -0.332. The van der Waals surface area contributed by atoms with Gasteiger partial charge in [0.2, 0.25) is 12.7 Å². The molecule has 3 aromatic rings. The third-order valence-corrected chi connectivity index (χ3v) is 4.94. The molecule has 1 atom stereocenters. The van der Waals surface area contributed by atoms with Gasteiger partial charge in [-0.1, -0.05) is 23.4 Å². The monoisotopic (exact) mass is 375 g/mol. The summed E-state index contributed by atoms with van der Waals surface area (Å²) in [6.07, 6.45) is 0. The Morgan fingerprint density at radius 3 is 3.00 bits per heavy atom. The molecule has 2 heterocycles. The molecule has 1 amide bonds. The highest BCUT2D eigenvalue weighted by Gasteiger charge is 2.19. The van der Waals surface area contributed by atoms with Crippen molar-refractivity contribution in [1.29, 1.82) is 0 Å². The molecule has 1 aromatic heterocycles. The first-order valence-electron chi connectivity index (χ1n) is 7.61. The number of aromatic amines is 1. The Morgan fingerprint density at radius 1 is 1.28 bits per heavy atom. The molecule has 1 aliphatic heterocycles. The van der Waals surface area contributed by atoms with Gasteiger partial charge in [-0.25, -0.2) is 4.98 Å². The largest absolute Gasteiger partial charge is 0.454 e. The van der Waals surface area contributed by atoms with Crippen molar-refractivity contribution in [2.45, 2.75) is 17.3 Å². The topological polar surface area (TPSA) is 76.2 Å². The van der Waals surface area contributed by atoms with E-state index in [2.05, 4.69) is 15.3 Å². The van der Waals surface area contributed by atoms with E-state index in [4.69, 9.17) is 21.1 Å². The van der Waals surface area contributed by atoms with Gasteiger partial charge in [0.25, 0.3) is 0 Å². The molecule has 0 saturated heterocycles. The van der Waals surface area contributed by atoms with Gasteiger partial charge in [0, 0.05) is 16.8 Å². The van der Waals surface area contributed by atoms with Crippen molar-refractivity contribution in [3.8, 4) is 11.5 Å². The summed E-state index contributed by atoms with van der Waals surface area (Å²) in [7, 11) is 0. The van der Waals surface area contributed by atoms with Gasteiger partial charge in [-0.2, -0.15) is 0 Å². The summed E-state index contributed by atoms with van der Waals surface area (Å²) in [5, 5.41) is 3.86. The molecule has 0 saturated carbocycles. The normalized spacial score (nSPS) is 13.8. The standard InChI is InChI=1S/C17H14ClN3O3S/c1-9(25-17-20-12-4-2-10(18)6-13(12)21-17)16(22)19-11-3-5-14-15(7-11)24-8-23-14/h2-7,9H,8H2,1H3,(H,19,22)(H,20,21)/t9-/m1/s1. The summed E-state index contributed by atoms with van der Waals surface area (Å²) in [5.74, 6) is 1.19. The van der Waals surface area contributed by atoms with Crippen LogP contribution in [-0.4, -0.2) is 27.9 Å². The quantitative estimate of drug-likeness (QED) is 0.672. The third kappa shape index (κ3) is 3.38. The first-order chi connectivity index (χ1) is 12.1. The Bertz CT molecular complexity index is 959. The maximum absolute atomic E-state index is 12.4. The van der Waals surface area contributed by atoms with Crippen molar-refractivity contribution in [1.82, 2.24) is 9.97 Å². The summed E-state index contributed by atoms with van der Waals surface area (Å²) < 4.78 is 10.6. The molecule has 0 radical (unpaired) electrons. The van der Waals surface area contributed by atoms with Gasteiger partial charge in [-0.05, 0) is 37.3 Å². The SMILES string of the molecule is C[C@@H](Sc1nc2ccc(Cl)cc2[nH]1)C(=O)Nc1ccc2c(c1)OCO2. The summed E-state index contributed by atoms with van der Waals surface area (Å²) in [5.41, 5.74) is 2.33. The number of amides is 1. The molecule has 0 aliphatic carbocycles. The zero-order valence-corrected chi connectivity index (χ0v) is 14.8. The molecule has 128 valence electrons. The van der Waals surface area contributed by atoms with Gasteiger partial charge >= 0.3 is 0 Å². The number of rotatable bonds is 4. The molecule has 2 aromatic carbocycles. The van der Waals surface area contributed by atoms with Gasteiger partial charge in [-0.15, -0.1) is 0 Å². The highest BCUT2D eigenvalue weighted by atomic mass is 35.5. The van der Waals surface area contributed by atoms with Crippen molar-refractivity contribution in [2.24, 2.45) is 0 Å². The predicted molar refractivity (Wildman–Crippen MR) is 97.6 cm³/mol. The zero-order valence-electron chi connectivity index (χ0n) is 13.2. The number of carbonyl (C=O) groups excluding carboxylic acids is 1. The van der Waals surface area contributed by atoms with Crippen LogP contribution in [0.3, 0.4) is 0 Å². The highest BCUT2D eigenvalue weighted by molar-refractivity contribution is 8.00. The fraction of sp³-hybridized carbons (Fsp3) is 0.176. The molecule has 1 aliphatic rings. The van der Waals surface area contributed by atoms with E-state index in [1.54, 1.807) is 24.3 Å². The summed E-state index contributed by atoms with van der Waals surface area (Å²) in [6, 6.07) is 10.8. The summed E-state index contributed by atoms with van der Waals surface area (Å²) in [6.45, 7) is 2.03. The van der Waals surface area contributed by atoms with E-state index in [9.17, 15) is 4.79 Å². The second-order valence-corrected chi connectivity index (χ2v) is 7.29. The number of hydrogen-bond acceptors (Lipinski definition) is 5. The van der Waals surface area contributed by atoms with E-state index < -0.39 is 0 Å². The molecule has 0 bridgehead atoms. The summed E-state index contributed by atoms with van der Waals surface area (Å²) >= 11 is 7.33. The zero-order chi connectivity index (χ0) is 17.4.